The lowest BCUT2D eigenvalue weighted by molar-refractivity contribution is -0.113. The minimum absolute atomic E-state index is 0.248. The molecule has 0 unspecified atom stereocenters. The Balaban J connectivity index is 1.72. The number of aliphatic imine (C=N–C) groups is 1. The van der Waals surface area contributed by atoms with E-state index in [0.29, 0.717) is 11.5 Å². The lowest BCUT2D eigenvalue weighted by Crippen LogP contribution is -2.32. The number of nitrogens with zero attached hydrogens (tertiary/aromatic N) is 2. The van der Waals surface area contributed by atoms with Crippen LogP contribution in [-0.2, 0) is 14.9 Å². The molecule has 0 aromatic heterocycles. The van der Waals surface area contributed by atoms with E-state index in [0.717, 1.165) is 11.1 Å². The molecule has 0 spiro atoms. The second-order valence-electron chi connectivity index (χ2n) is 6.73. The quantitative estimate of drug-likeness (QED) is 0.482. The third-order valence-electron chi connectivity index (χ3n) is 4.63. The number of carbonyl (C=O) groups excluding carboxylic acids is 1. The van der Waals surface area contributed by atoms with Crippen molar-refractivity contribution in [3.05, 3.63) is 114 Å². The van der Waals surface area contributed by atoms with E-state index in [-0.39, 0.29) is 16.5 Å². The van der Waals surface area contributed by atoms with Gasteiger partial charge in [-0.2, -0.15) is 8.42 Å². The van der Waals surface area contributed by atoms with Gasteiger partial charge in [-0.05, 0) is 35.9 Å². The fraction of sp³-hybridized carbons (Fsp3) is 0. The highest BCUT2D eigenvalue weighted by atomic mass is 32.2. The second kappa shape index (κ2) is 8.51. The van der Waals surface area contributed by atoms with Gasteiger partial charge in [0.2, 0.25) is 0 Å². The zero-order valence-corrected chi connectivity index (χ0v) is 17.1. The Morgan fingerprint density at radius 1 is 0.839 bits per heavy atom. The van der Waals surface area contributed by atoms with E-state index in [2.05, 4.69) is 4.99 Å². The first-order valence-electron chi connectivity index (χ1n) is 9.43. The molecule has 0 bridgehead atoms. The average molecular weight is 430 g/mol. The fourth-order valence-corrected chi connectivity index (χ4v) is 3.61. The van der Waals surface area contributed by atoms with Gasteiger partial charge in [-0.25, -0.2) is 4.99 Å². The largest absolute Gasteiger partial charge is 0.294 e. The smallest absolute Gasteiger partial charge is 0.282 e. The van der Waals surface area contributed by atoms with Crippen LogP contribution in [-0.4, -0.2) is 24.7 Å². The van der Waals surface area contributed by atoms with Crippen LogP contribution in [0, 0.1) is 0 Å². The van der Waals surface area contributed by atoms with Crippen molar-refractivity contribution in [2.75, 3.05) is 4.90 Å². The van der Waals surface area contributed by atoms with Gasteiger partial charge in [-0.3, -0.25) is 14.2 Å². The molecule has 0 radical (unpaired) electrons. The summed E-state index contributed by atoms with van der Waals surface area (Å²) < 4.78 is 31.9. The first-order valence-corrected chi connectivity index (χ1v) is 10.9. The number of hydrogen-bond donors (Lipinski definition) is 1. The summed E-state index contributed by atoms with van der Waals surface area (Å²) >= 11 is 0. The molecule has 3 aromatic carbocycles. The van der Waals surface area contributed by atoms with Crippen LogP contribution in [0.4, 0.5) is 5.69 Å². The van der Waals surface area contributed by atoms with E-state index in [1.807, 2.05) is 66.7 Å². The second-order valence-corrected chi connectivity index (χ2v) is 8.15. The number of rotatable bonds is 5. The van der Waals surface area contributed by atoms with Gasteiger partial charge in [-0.1, -0.05) is 72.8 Å². The Hall–Kier alpha value is -3.81. The molecule has 4 rings (SSSR count). The van der Waals surface area contributed by atoms with E-state index >= 15 is 0 Å². The lowest BCUT2D eigenvalue weighted by Gasteiger charge is -2.18. The summed E-state index contributed by atoms with van der Waals surface area (Å²) in [6, 6.07) is 24.3. The normalized spacial score (nSPS) is 15.6. The Labute approximate surface area is 180 Å². The molecule has 7 heteroatoms. The molecule has 1 aliphatic heterocycles. The SMILES string of the molecule is O=C1/C(=C\C=C\c2ccccc2)N=C(c2ccccc2)N1c1ccc(S(=O)(=O)O)cc1. The summed E-state index contributed by atoms with van der Waals surface area (Å²) in [5.74, 6) is 0.0979. The first kappa shape index (κ1) is 20.5. The first-order chi connectivity index (χ1) is 14.9. The van der Waals surface area contributed by atoms with Crippen LogP contribution in [0.1, 0.15) is 11.1 Å². The van der Waals surface area contributed by atoms with Gasteiger partial charge in [-0.15, -0.1) is 0 Å². The monoisotopic (exact) mass is 430 g/mol. The van der Waals surface area contributed by atoms with Crippen molar-refractivity contribution >= 4 is 33.6 Å². The van der Waals surface area contributed by atoms with Crippen molar-refractivity contribution < 1.29 is 17.8 Å². The van der Waals surface area contributed by atoms with Crippen LogP contribution < -0.4 is 4.90 Å². The maximum Gasteiger partial charge on any atom is 0.294 e. The summed E-state index contributed by atoms with van der Waals surface area (Å²) in [6.45, 7) is 0. The van der Waals surface area contributed by atoms with Crippen LogP contribution in [0.25, 0.3) is 6.08 Å². The Kier molecular flexibility index (Phi) is 5.62. The molecular formula is C24H18N2O4S. The molecule has 0 saturated heterocycles. The van der Waals surface area contributed by atoms with Gasteiger partial charge in [0.15, 0.2) is 0 Å². The predicted molar refractivity (Wildman–Crippen MR) is 120 cm³/mol. The molecular weight excluding hydrogens is 412 g/mol. The van der Waals surface area contributed by atoms with Gasteiger partial charge in [0.25, 0.3) is 16.0 Å². The number of hydrogen-bond acceptors (Lipinski definition) is 4. The van der Waals surface area contributed by atoms with Crippen LogP contribution in [0.15, 0.2) is 113 Å². The van der Waals surface area contributed by atoms with E-state index in [1.54, 1.807) is 12.2 Å². The number of anilines is 1. The Bertz CT molecular complexity index is 1290. The van der Waals surface area contributed by atoms with Gasteiger partial charge in [0, 0.05) is 5.56 Å². The van der Waals surface area contributed by atoms with E-state index in [9.17, 15) is 17.8 Å². The molecule has 1 amide bonds. The van der Waals surface area contributed by atoms with Gasteiger partial charge in [0.1, 0.15) is 11.5 Å². The topological polar surface area (TPSA) is 87.0 Å². The maximum atomic E-state index is 13.2. The van der Waals surface area contributed by atoms with E-state index < -0.39 is 10.1 Å². The van der Waals surface area contributed by atoms with Gasteiger partial charge in [0.05, 0.1) is 10.6 Å². The number of amides is 1. The minimum Gasteiger partial charge on any atom is -0.282 e. The molecule has 1 aliphatic rings. The van der Waals surface area contributed by atoms with Crippen molar-refractivity contribution in [2.45, 2.75) is 4.90 Å². The minimum atomic E-state index is -4.33. The zero-order chi connectivity index (χ0) is 21.8. The van der Waals surface area contributed by atoms with E-state index in [1.165, 1.54) is 29.2 Å². The molecule has 0 fully saturated rings. The standard InChI is InChI=1S/C24H18N2O4S/c27-24-22(13-7-10-18-8-3-1-4-9-18)25-23(19-11-5-2-6-12-19)26(24)20-14-16-21(17-15-20)31(28,29)30/h1-17H,(H,28,29,30)/b10-7+,22-13+. The van der Waals surface area contributed by atoms with Crippen molar-refractivity contribution in [3.8, 4) is 0 Å². The predicted octanol–water partition coefficient (Wildman–Crippen LogP) is 4.32. The highest BCUT2D eigenvalue weighted by Gasteiger charge is 2.32. The number of carbonyl (C=O) groups is 1. The molecule has 31 heavy (non-hydrogen) atoms. The Morgan fingerprint density at radius 2 is 1.45 bits per heavy atom. The van der Waals surface area contributed by atoms with Crippen molar-refractivity contribution in [1.29, 1.82) is 0 Å². The average Bonchev–Trinajstić information content (AvgIpc) is 3.11. The van der Waals surface area contributed by atoms with Crippen LogP contribution >= 0.6 is 0 Å². The maximum absolute atomic E-state index is 13.2. The molecule has 0 saturated carbocycles. The van der Waals surface area contributed by atoms with Crippen LogP contribution in [0.2, 0.25) is 0 Å². The third-order valence-corrected chi connectivity index (χ3v) is 5.50. The summed E-state index contributed by atoms with van der Waals surface area (Å²) in [5, 5.41) is 0. The van der Waals surface area contributed by atoms with Crippen LogP contribution in [0.5, 0.6) is 0 Å². The van der Waals surface area contributed by atoms with Crippen molar-refractivity contribution in [1.82, 2.24) is 0 Å². The molecule has 0 aliphatic carbocycles. The highest BCUT2D eigenvalue weighted by molar-refractivity contribution is 7.85. The lowest BCUT2D eigenvalue weighted by atomic mass is 10.2. The summed E-state index contributed by atoms with van der Waals surface area (Å²) in [6.07, 6.45) is 5.28. The number of allylic oxidation sites excluding steroid dienone is 2. The van der Waals surface area contributed by atoms with Gasteiger partial charge >= 0.3 is 0 Å². The molecule has 1 heterocycles. The van der Waals surface area contributed by atoms with Crippen molar-refractivity contribution in [2.24, 2.45) is 4.99 Å². The molecule has 1 N–H and O–H groups in total. The Morgan fingerprint density at radius 3 is 2.06 bits per heavy atom. The fourth-order valence-electron chi connectivity index (χ4n) is 3.13. The molecule has 154 valence electrons. The number of benzene rings is 3. The zero-order valence-electron chi connectivity index (χ0n) is 16.3. The molecule has 3 aromatic rings. The third kappa shape index (κ3) is 4.53. The van der Waals surface area contributed by atoms with E-state index in [4.69, 9.17) is 0 Å². The van der Waals surface area contributed by atoms with Crippen molar-refractivity contribution in [3.63, 3.8) is 0 Å². The molecule has 0 atom stereocenters. The highest BCUT2D eigenvalue weighted by Crippen LogP contribution is 2.27. The van der Waals surface area contributed by atoms with Gasteiger partial charge < -0.3 is 0 Å². The number of amidine groups is 1. The van der Waals surface area contributed by atoms with Crippen LogP contribution in [0.3, 0.4) is 0 Å². The summed E-state index contributed by atoms with van der Waals surface area (Å²) in [7, 11) is -4.33. The summed E-state index contributed by atoms with van der Waals surface area (Å²) in [5.41, 5.74) is 2.43. The molecule has 6 nitrogen and oxygen atoms in total. The summed E-state index contributed by atoms with van der Waals surface area (Å²) in [4.78, 5) is 18.9.